The van der Waals surface area contributed by atoms with Gasteiger partial charge < -0.3 is 5.11 Å². The van der Waals surface area contributed by atoms with Gasteiger partial charge in [-0.2, -0.15) is 0 Å². The summed E-state index contributed by atoms with van der Waals surface area (Å²) in [4.78, 5) is 14.1. The zero-order valence-corrected chi connectivity index (χ0v) is 10.4. The number of rotatable bonds is 2. The van der Waals surface area contributed by atoms with Crippen molar-refractivity contribution in [1.29, 1.82) is 0 Å². The maximum absolute atomic E-state index is 12.4. The second kappa shape index (κ2) is 3.82. The average Bonchev–Trinajstić information content (AvgIpc) is 2.47. The molecule has 1 aromatic carbocycles. The molecule has 1 heterocycles. The van der Waals surface area contributed by atoms with Crippen LogP contribution in [-0.2, 0) is 4.79 Å². The number of amides is 1. The molecule has 17 heavy (non-hydrogen) atoms. The highest BCUT2D eigenvalue weighted by Gasteiger charge is 2.52. The lowest BCUT2D eigenvalue weighted by molar-refractivity contribution is -0.122. The van der Waals surface area contributed by atoms with E-state index < -0.39 is 11.2 Å². The van der Waals surface area contributed by atoms with Gasteiger partial charge in [-0.05, 0) is 32.9 Å². The van der Waals surface area contributed by atoms with E-state index >= 15 is 0 Å². The molecule has 0 spiro atoms. The quantitative estimate of drug-likeness (QED) is 0.806. The van der Waals surface area contributed by atoms with Crippen LogP contribution >= 0.6 is 0 Å². The highest BCUT2D eigenvalue weighted by molar-refractivity contribution is 6.03. The van der Waals surface area contributed by atoms with Crippen molar-refractivity contribution >= 4 is 11.6 Å². The number of hydrogen-bond acceptors (Lipinski definition) is 3. The van der Waals surface area contributed by atoms with Crippen molar-refractivity contribution in [2.24, 2.45) is 0 Å². The van der Waals surface area contributed by atoms with Crippen molar-refractivity contribution < 1.29 is 9.90 Å². The first kappa shape index (κ1) is 12.1. The summed E-state index contributed by atoms with van der Waals surface area (Å²) in [7, 11) is 0. The lowest BCUT2D eigenvalue weighted by Gasteiger charge is -2.31. The molecule has 1 aliphatic rings. The maximum Gasteiger partial charge on any atom is 0.250 e. The molecule has 0 radical (unpaired) electrons. The number of para-hydroxylation sites is 1. The van der Waals surface area contributed by atoms with Crippen molar-refractivity contribution in [2.45, 2.75) is 32.0 Å². The third kappa shape index (κ3) is 1.83. The molecule has 1 atom stereocenters. The SMILES string of the molecule is CC1(CO)NC(C)(C)N(c2ccccc2)C1=O. The third-order valence-corrected chi connectivity index (χ3v) is 3.15. The Morgan fingerprint density at radius 2 is 1.82 bits per heavy atom. The molecule has 4 heteroatoms. The van der Waals surface area contributed by atoms with Crippen LogP contribution in [0.2, 0.25) is 0 Å². The molecule has 1 amide bonds. The number of carbonyl (C=O) groups excluding carboxylic acids is 1. The molecule has 4 nitrogen and oxygen atoms in total. The van der Waals surface area contributed by atoms with Crippen LogP contribution in [0.15, 0.2) is 30.3 Å². The van der Waals surface area contributed by atoms with Gasteiger partial charge in [-0.1, -0.05) is 18.2 Å². The van der Waals surface area contributed by atoms with E-state index in [0.717, 1.165) is 5.69 Å². The lowest BCUT2D eigenvalue weighted by atomic mass is 10.0. The predicted octanol–water partition coefficient (Wildman–Crippen LogP) is 1.11. The minimum Gasteiger partial charge on any atom is -0.394 e. The smallest absolute Gasteiger partial charge is 0.250 e. The largest absolute Gasteiger partial charge is 0.394 e. The van der Waals surface area contributed by atoms with E-state index in [4.69, 9.17) is 0 Å². The summed E-state index contributed by atoms with van der Waals surface area (Å²) in [6.45, 7) is 5.37. The monoisotopic (exact) mass is 234 g/mol. The van der Waals surface area contributed by atoms with Crippen molar-refractivity contribution in [3.63, 3.8) is 0 Å². The summed E-state index contributed by atoms with van der Waals surface area (Å²) in [6, 6.07) is 9.49. The van der Waals surface area contributed by atoms with Gasteiger partial charge in [-0.15, -0.1) is 0 Å². The van der Waals surface area contributed by atoms with E-state index in [-0.39, 0.29) is 12.5 Å². The van der Waals surface area contributed by atoms with Crippen LogP contribution in [0.4, 0.5) is 5.69 Å². The Kier molecular flexibility index (Phi) is 2.72. The zero-order valence-electron chi connectivity index (χ0n) is 10.4. The van der Waals surface area contributed by atoms with Crippen molar-refractivity contribution in [2.75, 3.05) is 11.5 Å². The number of nitrogens with one attached hydrogen (secondary N) is 1. The minimum absolute atomic E-state index is 0.101. The number of carbonyl (C=O) groups is 1. The Balaban J connectivity index is 2.44. The van der Waals surface area contributed by atoms with Gasteiger partial charge in [0.15, 0.2) is 0 Å². The second-order valence-electron chi connectivity index (χ2n) is 5.15. The normalized spacial score (nSPS) is 27.5. The molecule has 1 fully saturated rings. The van der Waals surface area contributed by atoms with Crippen LogP contribution in [0.25, 0.3) is 0 Å². The van der Waals surface area contributed by atoms with Gasteiger partial charge in [0.25, 0.3) is 5.91 Å². The molecule has 1 aromatic rings. The fourth-order valence-corrected chi connectivity index (χ4v) is 2.41. The molecule has 92 valence electrons. The Hall–Kier alpha value is -1.39. The summed E-state index contributed by atoms with van der Waals surface area (Å²) in [5.74, 6) is -0.101. The first-order valence-electron chi connectivity index (χ1n) is 5.71. The Labute approximate surface area is 101 Å². The van der Waals surface area contributed by atoms with E-state index in [9.17, 15) is 9.90 Å². The Bertz CT molecular complexity index is 430. The van der Waals surface area contributed by atoms with Crippen LogP contribution in [0, 0.1) is 0 Å². The van der Waals surface area contributed by atoms with Gasteiger partial charge in [0.05, 0.1) is 12.3 Å². The zero-order chi connectivity index (χ0) is 12.7. The number of benzene rings is 1. The van der Waals surface area contributed by atoms with E-state index in [0.29, 0.717) is 0 Å². The summed E-state index contributed by atoms with van der Waals surface area (Å²) in [5.41, 5.74) is -0.568. The molecule has 2 N–H and O–H groups in total. The highest BCUT2D eigenvalue weighted by atomic mass is 16.3. The van der Waals surface area contributed by atoms with Crippen LogP contribution in [-0.4, -0.2) is 28.8 Å². The van der Waals surface area contributed by atoms with Gasteiger partial charge in [0, 0.05) is 5.69 Å². The van der Waals surface area contributed by atoms with Gasteiger partial charge in [-0.3, -0.25) is 15.0 Å². The fourth-order valence-electron chi connectivity index (χ4n) is 2.41. The topological polar surface area (TPSA) is 52.6 Å². The standard InChI is InChI=1S/C13H18N2O2/c1-12(2)14-13(3,9-16)11(17)15(12)10-7-5-4-6-8-10/h4-8,14,16H,9H2,1-3H3. The van der Waals surface area contributed by atoms with Crippen molar-refractivity contribution in [3.8, 4) is 0 Å². The molecule has 1 saturated heterocycles. The number of aliphatic hydroxyl groups is 1. The van der Waals surface area contributed by atoms with Crippen LogP contribution in [0.1, 0.15) is 20.8 Å². The van der Waals surface area contributed by atoms with Crippen molar-refractivity contribution in [3.05, 3.63) is 30.3 Å². The number of aliphatic hydroxyl groups excluding tert-OH is 1. The molecule has 1 unspecified atom stereocenters. The van der Waals surface area contributed by atoms with E-state index in [1.165, 1.54) is 0 Å². The van der Waals surface area contributed by atoms with E-state index in [2.05, 4.69) is 5.32 Å². The first-order chi connectivity index (χ1) is 7.91. The predicted molar refractivity (Wildman–Crippen MR) is 66.6 cm³/mol. The Morgan fingerprint density at radius 1 is 1.24 bits per heavy atom. The van der Waals surface area contributed by atoms with Gasteiger partial charge in [0.1, 0.15) is 5.54 Å². The molecule has 1 aliphatic heterocycles. The highest BCUT2D eigenvalue weighted by Crippen LogP contribution is 2.32. The Morgan fingerprint density at radius 3 is 2.29 bits per heavy atom. The molecule has 0 aromatic heterocycles. The lowest BCUT2D eigenvalue weighted by Crippen LogP contribution is -2.51. The number of hydrogen-bond donors (Lipinski definition) is 2. The summed E-state index contributed by atoms with van der Waals surface area (Å²) in [5, 5.41) is 12.6. The number of nitrogens with zero attached hydrogens (tertiary/aromatic N) is 1. The van der Waals surface area contributed by atoms with Gasteiger partial charge in [0.2, 0.25) is 0 Å². The molecular formula is C13H18N2O2. The van der Waals surface area contributed by atoms with E-state index in [1.807, 2.05) is 44.2 Å². The molecular weight excluding hydrogens is 216 g/mol. The van der Waals surface area contributed by atoms with Crippen LogP contribution < -0.4 is 10.2 Å². The van der Waals surface area contributed by atoms with E-state index in [1.54, 1.807) is 11.8 Å². The minimum atomic E-state index is -0.903. The maximum atomic E-state index is 12.4. The summed E-state index contributed by atoms with van der Waals surface area (Å²) in [6.07, 6.45) is 0. The van der Waals surface area contributed by atoms with Gasteiger partial charge >= 0.3 is 0 Å². The molecule has 0 bridgehead atoms. The number of anilines is 1. The average molecular weight is 234 g/mol. The second-order valence-corrected chi connectivity index (χ2v) is 5.15. The van der Waals surface area contributed by atoms with Crippen molar-refractivity contribution in [1.82, 2.24) is 5.32 Å². The van der Waals surface area contributed by atoms with Gasteiger partial charge in [-0.25, -0.2) is 0 Å². The summed E-state index contributed by atoms with van der Waals surface area (Å²) < 4.78 is 0. The van der Waals surface area contributed by atoms with Crippen LogP contribution in [0.5, 0.6) is 0 Å². The molecule has 0 saturated carbocycles. The third-order valence-electron chi connectivity index (χ3n) is 3.15. The molecule has 0 aliphatic carbocycles. The first-order valence-corrected chi connectivity index (χ1v) is 5.71. The van der Waals surface area contributed by atoms with Crippen LogP contribution in [0.3, 0.4) is 0 Å². The molecule has 2 rings (SSSR count). The fraction of sp³-hybridized carbons (Fsp3) is 0.462. The summed E-state index contributed by atoms with van der Waals surface area (Å²) >= 11 is 0.